The van der Waals surface area contributed by atoms with E-state index in [4.69, 9.17) is 10.5 Å². The van der Waals surface area contributed by atoms with Crippen molar-refractivity contribution in [2.75, 3.05) is 24.7 Å². The van der Waals surface area contributed by atoms with Gasteiger partial charge in [-0.15, -0.1) is 0 Å². The summed E-state index contributed by atoms with van der Waals surface area (Å²) in [6, 6.07) is 5.31. The fourth-order valence-electron chi connectivity index (χ4n) is 2.81. The van der Waals surface area contributed by atoms with Crippen LogP contribution in [0.5, 0.6) is 0 Å². The molecular formula is C15H22N2O2. The average molecular weight is 262 g/mol. The van der Waals surface area contributed by atoms with Gasteiger partial charge >= 0.3 is 5.97 Å². The molecular weight excluding hydrogens is 240 g/mol. The van der Waals surface area contributed by atoms with E-state index < -0.39 is 0 Å². The lowest BCUT2D eigenvalue weighted by Crippen LogP contribution is -2.19. The van der Waals surface area contributed by atoms with E-state index in [0.717, 1.165) is 12.5 Å². The highest BCUT2D eigenvalue weighted by Crippen LogP contribution is 2.32. The molecule has 1 aliphatic carbocycles. The molecule has 19 heavy (non-hydrogen) atoms. The number of carbonyl (C=O) groups is 1. The van der Waals surface area contributed by atoms with Gasteiger partial charge in [0.25, 0.3) is 0 Å². The molecule has 3 N–H and O–H groups in total. The number of rotatable bonds is 4. The van der Waals surface area contributed by atoms with Gasteiger partial charge in [-0.25, -0.2) is 4.79 Å². The van der Waals surface area contributed by atoms with Crippen LogP contribution < -0.4 is 11.1 Å². The van der Waals surface area contributed by atoms with Gasteiger partial charge in [0, 0.05) is 6.54 Å². The number of nitrogen functional groups attached to an aromatic ring is 1. The number of benzene rings is 1. The van der Waals surface area contributed by atoms with E-state index in [1.165, 1.54) is 26.4 Å². The third kappa shape index (κ3) is 3.00. The number of ether oxygens (including phenoxy) is 1. The highest BCUT2D eigenvalue weighted by Gasteiger charge is 2.24. The van der Waals surface area contributed by atoms with E-state index in [0.29, 0.717) is 22.9 Å². The van der Waals surface area contributed by atoms with Crippen molar-refractivity contribution >= 4 is 17.3 Å². The Hall–Kier alpha value is -1.71. The van der Waals surface area contributed by atoms with Gasteiger partial charge < -0.3 is 15.8 Å². The van der Waals surface area contributed by atoms with Crippen molar-refractivity contribution < 1.29 is 9.53 Å². The van der Waals surface area contributed by atoms with E-state index in [1.54, 1.807) is 18.2 Å². The Morgan fingerprint density at radius 2 is 2.26 bits per heavy atom. The number of carbonyl (C=O) groups excluding carboxylic acids is 1. The second kappa shape index (κ2) is 5.95. The molecule has 2 rings (SSSR count). The van der Waals surface area contributed by atoms with Gasteiger partial charge in [0.05, 0.1) is 24.0 Å². The molecule has 1 saturated carbocycles. The first-order valence-corrected chi connectivity index (χ1v) is 6.84. The summed E-state index contributed by atoms with van der Waals surface area (Å²) in [6.07, 6.45) is 3.83. The van der Waals surface area contributed by atoms with Crippen LogP contribution in [0.15, 0.2) is 18.2 Å². The molecule has 0 aliphatic heterocycles. The third-order valence-electron chi connectivity index (χ3n) is 4.08. The first kappa shape index (κ1) is 13.7. The van der Waals surface area contributed by atoms with Crippen molar-refractivity contribution in [3.05, 3.63) is 23.8 Å². The second-order valence-electron chi connectivity index (χ2n) is 5.31. The molecule has 1 aromatic carbocycles. The van der Waals surface area contributed by atoms with Crippen LogP contribution in [0.2, 0.25) is 0 Å². The molecule has 4 nitrogen and oxygen atoms in total. The van der Waals surface area contributed by atoms with Crippen molar-refractivity contribution in [2.45, 2.75) is 26.2 Å². The maximum absolute atomic E-state index is 11.7. The number of nitrogens with two attached hydrogens (primary N) is 1. The Labute approximate surface area is 114 Å². The van der Waals surface area contributed by atoms with E-state index in [1.807, 2.05) is 0 Å². The minimum Gasteiger partial charge on any atom is -0.465 e. The summed E-state index contributed by atoms with van der Waals surface area (Å²) in [6.45, 7) is 3.15. The highest BCUT2D eigenvalue weighted by molar-refractivity contribution is 5.98. The van der Waals surface area contributed by atoms with Gasteiger partial charge in [-0.05, 0) is 30.4 Å². The monoisotopic (exact) mass is 262 g/mol. The zero-order valence-electron chi connectivity index (χ0n) is 11.6. The lowest BCUT2D eigenvalue weighted by atomic mass is 9.98. The summed E-state index contributed by atoms with van der Waals surface area (Å²) in [5.41, 5.74) is 7.76. The summed E-state index contributed by atoms with van der Waals surface area (Å²) in [5.74, 6) is 1.04. The molecule has 0 bridgehead atoms. The summed E-state index contributed by atoms with van der Waals surface area (Å²) in [7, 11) is 1.38. The van der Waals surface area contributed by atoms with Crippen LogP contribution in [-0.2, 0) is 4.74 Å². The smallest absolute Gasteiger partial charge is 0.340 e. The standard InChI is InChI=1S/C15H22N2O2/c1-10-5-3-6-11(10)9-17-14-12(15(18)19-2)7-4-8-13(14)16/h4,7-8,10-11,17H,3,5-6,9,16H2,1-2H3. The van der Waals surface area contributed by atoms with E-state index in [2.05, 4.69) is 12.2 Å². The first-order chi connectivity index (χ1) is 9.13. The minimum atomic E-state index is -0.353. The largest absolute Gasteiger partial charge is 0.465 e. The molecule has 2 atom stereocenters. The number of methoxy groups -OCH3 is 1. The fourth-order valence-corrected chi connectivity index (χ4v) is 2.81. The lowest BCUT2D eigenvalue weighted by Gasteiger charge is -2.19. The van der Waals surface area contributed by atoms with Gasteiger partial charge in [0.2, 0.25) is 0 Å². The molecule has 4 heteroatoms. The summed E-state index contributed by atoms with van der Waals surface area (Å²) < 4.78 is 4.79. The van der Waals surface area contributed by atoms with Crippen molar-refractivity contribution in [3.8, 4) is 0 Å². The molecule has 0 spiro atoms. The molecule has 104 valence electrons. The van der Waals surface area contributed by atoms with E-state index in [9.17, 15) is 4.79 Å². The number of nitrogens with one attached hydrogen (secondary N) is 1. The van der Waals surface area contributed by atoms with Crippen LogP contribution in [-0.4, -0.2) is 19.6 Å². The summed E-state index contributed by atoms with van der Waals surface area (Å²) in [5, 5.41) is 3.34. The van der Waals surface area contributed by atoms with Gasteiger partial charge in [-0.1, -0.05) is 25.8 Å². The number of hydrogen-bond donors (Lipinski definition) is 2. The van der Waals surface area contributed by atoms with Crippen LogP contribution in [0.3, 0.4) is 0 Å². The molecule has 2 unspecified atom stereocenters. The van der Waals surface area contributed by atoms with Gasteiger partial charge in [0.1, 0.15) is 0 Å². The van der Waals surface area contributed by atoms with Crippen LogP contribution in [0.25, 0.3) is 0 Å². The van der Waals surface area contributed by atoms with Crippen LogP contribution in [0, 0.1) is 11.8 Å². The molecule has 1 aliphatic rings. The van der Waals surface area contributed by atoms with E-state index in [-0.39, 0.29) is 5.97 Å². The maximum Gasteiger partial charge on any atom is 0.340 e. The van der Waals surface area contributed by atoms with Gasteiger partial charge in [-0.3, -0.25) is 0 Å². The molecule has 1 fully saturated rings. The Morgan fingerprint density at radius 3 is 2.89 bits per heavy atom. The number of hydrogen-bond acceptors (Lipinski definition) is 4. The summed E-state index contributed by atoms with van der Waals surface area (Å²) in [4.78, 5) is 11.7. The van der Waals surface area contributed by atoms with Crippen molar-refractivity contribution in [1.29, 1.82) is 0 Å². The zero-order valence-corrected chi connectivity index (χ0v) is 11.6. The first-order valence-electron chi connectivity index (χ1n) is 6.84. The SMILES string of the molecule is COC(=O)c1cccc(N)c1NCC1CCCC1C. The van der Waals surface area contributed by atoms with Crippen molar-refractivity contribution in [2.24, 2.45) is 11.8 Å². The molecule has 0 aromatic heterocycles. The van der Waals surface area contributed by atoms with Crippen LogP contribution >= 0.6 is 0 Å². The number of para-hydroxylation sites is 1. The molecule has 1 aromatic rings. The average Bonchev–Trinajstić information content (AvgIpc) is 2.82. The summed E-state index contributed by atoms with van der Waals surface area (Å²) >= 11 is 0. The topological polar surface area (TPSA) is 64.3 Å². The fraction of sp³-hybridized carbons (Fsp3) is 0.533. The van der Waals surface area contributed by atoms with Crippen molar-refractivity contribution in [1.82, 2.24) is 0 Å². The van der Waals surface area contributed by atoms with Crippen LogP contribution in [0.1, 0.15) is 36.5 Å². The Morgan fingerprint density at radius 1 is 1.47 bits per heavy atom. The number of anilines is 2. The Balaban J connectivity index is 2.12. The maximum atomic E-state index is 11.7. The van der Waals surface area contributed by atoms with Crippen LogP contribution in [0.4, 0.5) is 11.4 Å². The van der Waals surface area contributed by atoms with Gasteiger partial charge in [-0.2, -0.15) is 0 Å². The third-order valence-corrected chi connectivity index (χ3v) is 4.08. The molecule has 0 heterocycles. The number of esters is 1. The highest BCUT2D eigenvalue weighted by atomic mass is 16.5. The quantitative estimate of drug-likeness (QED) is 0.647. The predicted molar refractivity (Wildman–Crippen MR) is 77.2 cm³/mol. The second-order valence-corrected chi connectivity index (χ2v) is 5.31. The predicted octanol–water partition coefficient (Wildman–Crippen LogP) is 2.90. The van der Waals surface area contributed by atoms with E-state index >= 15 is 0 Å². The zero-order chi connectivity index (χ0) is 13.8. The normalized spacial score (nSPS) is 22.2. The minimum absolute atomic E-state index is 0.353. The van der Waals surface area contributed by atoms with Gasteiger partial charge in [0.15, 0.2) is 0 Å². The molecule has 0 amide bonds. The molecule has 0 radical (unpaired) electrons. The Kier molecular flexibility index (Phi) is 4.30. The Bertz CT molecular complexity index is 459. The van der Waals surface area contributed by atoms with Crippen molar-refractivity contribution in [3.63, 3.8) is 0 Å². The molecule has 0 saturated heterocycles. The lowest BCUT2D eigenvalue weighted by molar-refractivity contribution is 0.0602.